The van der Waals surface area contributed by atoms with Crippen molar-refractivity contribution in [2.24, 2.45) is 0 Å². The molecule has 0 aromatic heterocycles. The van der Waals surface area contributed by atoms with E-state index in [1.807, 2.05) is 6.92 Å². The summed E-state index contributed by atoms with van der Waals surface area (Å²) in [6.45, 7) is 5.60. The molecule has 2 aromatic rings. The molecular formula is C22H23O7S-. The zero-order chi connectivity index (χ0) is 21.9. The third-order valence-electron chi connectivity index (χ3n) is 5.44. The second-order valence-corrected chi connectivity index (χ2v) is 8.80. The van der Waals surface area contributed by atoms with E-state index in [1.165, 1.54) is 12.1 Å². The first-order valence-electron chi connectivity index (χ1n) is 9.75. The zero-order valence-corrected chi connectivity index (χ0v) is 17.5. The van der Waals surface area contributed by atoms with E-state index in [0.717, 1.165) is 31.7 Å². The van der Waals surface area contributed by atoms with E-state index in [0.29, 0.717) is 11.8 Å². The van der Waals surface area contributed by atoms with Gasteiger partial charge in [-0.1, -0.05) is 37.8 Å². The van der Waals surface area contributed by atoms with Crippen LogP contribution < -0.4 is 4.74 Å². The van der Waals surface area contributed by atoms with Gasteiger partial charge in [-0.05, 0) is 49.6 Å². The minimum Gasteiger partial charge on any atom is -0.744 e. The van der Waals surface area contributed by atoms with Crippen molar-refractivity contribution in [2.45, 2.75) is 55.9 Å². The van der Waals surface area contributed by atoms with Crippen LogP contribution in [0.4, 0.5) is 0 Å². The Kier molecular flexibility index (Phi) is 6.28. The first-order valence-corrected chi connectivity index (χ1v) is 11.2. The van der Waals surface area contributed by atoms with Gasteiger partial charge in [0, 0.05) is 11.0 Å². The predicted molar refractivity (Wildman–Crippen MR) is 109 cm³/mol. The molecule has 3 rings (SSSR count). The molecule has 0 N–H and O–H groups in total. The van der Waals surface area contributed by atoms with Crippen LogP contribution in [0.2, 0.25) is 0 Å². The molecule has 0 radical (unpaired) electrons. The van der Waals surface area contributed by atoms with E-state index < -0.39 is 39.0 Å². The van der Waals surface area contributed by atoms with Crippen LogP contribution in [0.5, 0.6) is 5.75 Å². The molecule has 160 valence electrons. The van der Waals surface area contributed by atoms with E-state index >= 15 is 0 Å². The Bertz CT molecular complexity index is 1090. The van der Waals surface area contributed by atoms with Crippen LogP contribution in [0.25, 0.3) is 10.8 Å². The van der Waals surface area contributed by atoms with E-state index in [4.69, 9.17) is 9.47 Å². The number of hydrogen-bond donors (Lipinski definition) is 0. The molecule has 30 heavy (non-hydrogen) atoms. The molecule has 8 heteroatoms. The predicted octanol–water partition coefficient (Wildman–Crippen LogP) is 3.86. The molecule has 1 aliphatic rings. The third-order valence-corrected chi connectivity index (χ3v) is 6.31. The van der Waals surface area contributed by atoms with Crippen molar-refractivity contribution in [1.29, 1.82) is 0 Å². The highest BCUT2D eigenvalue weighted by Crippen LogP contribution is 2.37. The monoisotopic (exact) mass is 431 g/mol. The van der Waals surface area contributed by atoms with Crippen molar-refractivity contribution in [3.63, 3.8) is 0 Å². The van der Waals surface area contributed by atoms with Gasteiger partial charge in [-0.25, -0.2) is 13.2 Å². The average Bonchev–Trinajstić information content (AvgIpc) is 3.16. The van der Waals surface area contributed by atoms with Crippen molar-refractivity contribution in [1.82, 2.24) is 0 Å². The molecule has 1 aliphatic carbocycles. The molecule has 7 nitrogen and oxygen atoms in total. The summed E-state index contributed by atoms with van der Waals surface area (Å²) >= 11 is 0. The van der Waals surface area contributed by atoms with Crippen LogP contribution >= 0.6 is 0 Å². The largest absolute Gasteiger partial charge is 0.744 e. The molecular weight excluding hydrogens is 408 g/mol. The summed E-state index contributed by atoms with van der Waals surface area (Å²) in [5, 5.41) is 0.453. The van der Waals surface area contributed by atoms with Crippen molar-refractivity contribution >= 4 is 32.8 Å². The van der Waals surface area contributed by atoms with Gasteiger partial charge in [0.25, 0.3) is 0 Å². The maximum atomic E-state index is 12.4. The lowest BCUT2D eigenvalue weighted by Gasteiger charge is -2.28. The fraction of sp³-hybridized carbons (Fsp3) is 0.364. The van der Waals surface area contributed by atoms with Crippen molar-refractivity contribution < 1.29 is 32.0 Å². The first-order chi connectivity index (χ1) is 14.1. The SMILES string of the molecule is C=C(CC(=O)Oc1cccc2cccc(S(=O)(=O)[O-])c12)C(=O)OC1(CC)CCCC1. The number of ether oxygens (including phenoxy) is 2. The van der Waals surface area contributed by atoms with Crippen molar-refractivity contribution in [3.05, 3.63) is 48.6 Å². The lowest BCUT2D eigenvalue weighted by Crippen LogP contribution is -2.32. The highest BCUT2D eigenvalue weighted by Gasteiger charge is 2.36. The molecule has 1 fully saturated rings. The summed E-state index contributed by atoms with van der Waals surface area (Å²) in [5.74, 6) is -1.52. The number of fused-ring (bicyclic) bond motifs is 1. The zero-order valence-electron chi connectivity index (χ0n) is 16.7. The Hall–Kier alpha value is -2.71. The summed E-state index contributed by atoms with van der Waals surface area (Å²) in [4.78, 5) is 24.3. The van der Waals surface area contributed by atoms with Gasteiger partial charge in [-0.15, -0.1) is 0 Å². The average molecular weight is 431 g/mol. The molecule has 0 heterocycles. The highest BCUT2D eigenvalue weighted by molar-refractivity contribution is 7.86. The van der Waals surface area contributed by atoms with Crippen LogP contribution in [-0.4, -0.2) is 30.5 Å². The summed E-state index contributed by atoms with van der Waals surface area (Å²) in [6, 6.07) is 8.75. The molecule has 0 aliphatic heterocycles. The van der Waals surface area contributed by atoms with Crippen molar-refractivity contribution in [2.75, 3.05) is 0 Å². The van der Waals surface area contributed by atoms with Gasteiger partial charge in [-0.3, -0.25) is 4.79 Å². The standard InChI is InChI=1S/C22H24O7S/c1-3-22(12-4-5-13-22)29-21(24)15(2)14-19(23)28-17-10-6-8-16-9-7-11-18(20(16)17)30(25,26)27/h6-11H,2-5,12-14H2,1H3,(H,25,26,27)/p-1. The molecule has 0 saturated heterocycles. The Morgan fingerprint density at radius 1 is 1.13 bits per heavy atom. The molecule has 0 bridgehead atoms. The van der Waals surface area contributed by atoms with Gasteiger partial charge in [-0.2, -0.15) is 0 Å². The van der Waals surface area contributed by atoms with E-state index in [1.54, 1.807) is 18.2 Å². The number of esters is 2. The van der Waals surface area contributed by atoms with Crippen LogP contribution in [0.15, 0.2) is 53.4 Å². The normalized spacial score (nSPS) is 15.7. The van der Waals surface area contributed by atoms with Crippen molar-refractivity contribution in [3.8, 4) is 5.75 Å². The summed E-state index contributed by atoms with van der Waals surface area (Å²) in [6.07, 6.45) is 3.83. The second kappa shape index (κ2) is 8.57. The lowest BCUT2D eigenvalue weighted by atomic mass is 9.98. The molecule has 0 atom stereocenters. The smallest absolute Gasteiger partial charge is 0.334 e. The Morgan fingerprint density at radius 2 is 1.77 bits per heavy atom. The van der Waals surface area contributed by atoms with Gasteiger partial charge in [0.15, 0.2) is 0 Å². The highest BCUT2D eigenvalue weighted by atomic mass is 32.2. The number of benzene rings is 2. The Morgan fingerprint density at radius 3 is 2.37 bits per heavy atom. The first kappa shape index (κ1) is 22.0. The minimum atomic E-state index is -4.78. The van der Waals surface area contributed by atoms with E-state index in [9.17, 15) is 22.6 Å². The van der Waals surface area contributed by atoms with E-state index in [-0.39, 0.29) is 16.7 Å². The number of rotatable bonds is 7. The molecule has 2 aromatic carbocycles. The lowest BCUT2D eigenvalue weighted by molar-refractivity contribution is -0.155. The number of hydrogen-bond acceptors (Lipinski definition) is 7. The van der Waals surface area contributed by atoms with Crippen LogP contribution in [0.1, 0.15) is 45.4 Å². The Balaban J connectivity index is 1.76. The maximum Gasteiger partial charge on any atom is 0.334 e. The topological polar surface area (TPSA) is 110 Å². The fourth-order valence-electron chi connectivity index (χ4n) is 3.79. The van der Waals surface area contributed by atoms with Crippen LogP contribution in [0.3, 0.4) is 0 Å². The summed E-state index contributed by atoms with van der Waals surface area (Å²) in [5.41, 5.74) is -0.548. The fourth-order valence-corrected chi connectivity index (χ4v) is 4.50. The van der Waals surface area contributed by atoms with E-state index in [2.05, 4.69) is 6.58 Å². The van der Waals surface area contributed by atoms with Crippen LogP contribution in [-0.2, 0) is 24.4 Å². The number of carbonyl (C=O) groups is 2. The van der Waals surface area contributed by atoms with Gasteiger partial charge in [0.1, 0.15) is 21.5 Å². The molecule has 0 spiro atoms. The van der Waals surface area contributed by atoms with Gasteiger partial charge >= 0.3 is 11.9 Å². The Labute approximate surface area is 175 Å². The minimum absolute atomic E-state index is 0.0208. The quantitative estimate of drug-likeness (QED) is 0.283. The summed E-state index contributed by atoms with van der Waals surface area (Å²) in [7, 11) is -4.78. The van der Waals surface area contributed by atoms with Gasteiger partial charge in [0.2, 0.25) is 0 Å². The molecule has 1 saturated carbocycles. The molecule has 0 unspecified atom stereocenters. The second-order valence-electron chi connectivity index (χ2n) is 7.45. The maximum absolute atomic E-state index is 12.4. The summed E-state index contributed by atoms with van der Waals surface area (Å²) < 4.78 is 45.7. The van der Waals surface area contributed by atoms with Gasteiger partial charge < -0.3 is 14.0 Å². The number of carbonyl (C=O) groups excluding carboxylic acids is 2. The van der Waals surface area contributed by atoms with Crippen LogP contribution in [0, 0.1) is 0 Å². The third kappa shape index (κ3) is 4.71. The van der Waals surface area contributed by atoms with Gasteiger partial charge in [0.05, 0.1) is 11.3 Å². The molecule has 0 amide bonds.